The van der Waals surface area contributed by atoms with E-state index >= 15 is 0 Å². The van der Waals surface area contributed by atoms with Gasteiger partial charge in [-0.05, 0) is 86.8 Å². The first-order valence-corrected chi connectivity index (χ1v) is 16.9. The van der Waals surface area contributed by atoms with Gasteiger partial charge in [0.1, 0.15) is 11.2 Å². The molecule has 0 aliphatic heterocycles. The fourth-order valence-electron chi connectivity index (χ4n) is 7.40. The Bertz CT molecular complexity index is 2890. The van der Waals surface area contributed by atoms with Crippen molar-refractivity contribution in [2.75, 3.05) is 4.90 Å². The zero-order chi connectivity index (χ0) is 33.0. The van der Waals surface area contributed by atoms with Crippen LogP contribution in [-0.2, 0) is 0 Å². The average molecular weight is 639 g/mol. The Balaban J connectivity index is 1.18. The molecule has 0 fully saturated rings. The standard InChI is InChI=1S/C47H30N2O/c1-3-11-34-25-36(19-17-31(34)9-1)33-21-23-39(24-22-33)49(44-15-7-5-13-40(44)37-20-18-32-10-2-4-12-35(32)26-37)45-30-48-29-38-27-43-41-14-6-8-16-46(41)50-47(43)28-42(38)45/h1-30H. The van der Waals surface area contributed by atoms with Crippen LogP contribution >= 0.6 is 0 Å². The summed E-state index contributed by atoms with van der Waals surface area (Å²) in [4.78, 5) is 7.17. The van der Waals surface area contributed by atoms with Gasteiger partial charge in [-0.25, -0.2) is 0 Å². The fourth-order valence-corrected chi connectivity index (χ4v) is 7.40. The zero-order valence-electron chi connectivity index (χ0n) is 27.1. The number of rotatable bonds is 5. The van der Waals surface area contributed by atoms with Crippen molar-refractivity contribution in [2.24, 2.45) is 0 Å². The van der Waals surface area contributed by atoms with Gasteiger partial charge < -0.3 is 9.32 Å². The zero-order valence-corrected chi connectivity index (χ0v) is 27.1. The van der Waals surface area contributed by atoms with Gasteiger partial charge in [0.05, 0.1) is 17.6 Å². The first-order chi connectivity index (χ1) is 24.8. The number of hydrogen-bond acceptors (Lipinski definition) is 3. The lowest BCUT2D eigenvalue weighted by atomic mass is 9.97. The van der Waals surface area contributed by atoms with Crippen molar-refractivity contribution in [3.05, 3.63) is 182 Å². The molecule has 0 atom stereocenters. The summed E-state index contributed by atoms with van der Waals surface area (Å²) in [5, 5.41) is 9.24. The van der Waals surface area contributed by atoms with Gasteiger partial charge in [-0.15, -0.1) is 0 Å². The summed E-state index contributed by atoms with van der Waals surface area (Å²) in [5.74, 6) is 0. The van der Waals surface area contributed by atoms with E-state index in [-0.39, 0.29) is 0 Å². The predicted molar refractivity (Wildman–Crippen MR) is 210 cm³/mol. The Hall–Kier alpha value is -6.71. The van der Waals surface area contributed by atoms with Crippen LogP contribution in [0.3, 0.4) is 0 Å². The second-order valence-electron chi connectivity index (χ2n) is 12.8. The summed E-state index contributed by atoms with van der Waals surface area (Å²) in [6.07, 6.45) is 3.93. The molecule has 2 heterocycles. The number of furan rings is 1. The number of pyridine rings is 1. The molecule has 234 valence electrons. The van der Waals surface area contributed by atoms with Gasteiger partial charge in [-0.2, -0.15) is 0 Å². The predicted octanol–water partition coefficient (Wildman–Crippen LogP) is 13.2. The van der Waals surface area contributed by atoms with Crippen LogP contribution < -0.4 is 4.90 Å². The van der Waals surface area contributed by atoms with E-state index in [0.29, 0.717) is 0 Å². The molecule has 0 N–H and O–H groups in total. The van der Waals surface area contributed by atoms with Gasteiger partial charge in [0.25, 0.3) is 0 Å². The summed E-state index contributed by atoms with van der Waals surface area (Å²) < 4.78 is 6.40. The molecule has 0 aliphatic carbocycles. The molecule has 50 heavy (non-hydrogen) atoms. The third-order valence-corrected chi connectivity index (χ3v) is 9.89. The van der Waals surface area contributed by atoms with E-state index < -0.39 is 0 Å². The largest absolute Gasteiger partial charge is 0.456 e. The molecule has 0 saturated carbocycles. The third kappa shape index (κ3) is 4.71. The molecule has 0 bridgehead atoms. The molecule has 10 rings (SSSR count). The van der Waals surface area contributed by atoms with Crippen LogP contribution in [0, 0.1) is 0 Å². The van der Waals surface area contributed by atoms with Crippen LogP contribution in [0.2, 0.25) is 0 Å². The number of anilines is 3. The van der Waals surface area contributed by atoms with Gasteiger partial charge >= 0.3 is 0 Å². The van der Waals surface area contributed by atoms with E-state index in [1.165, 1.54) is 32.7 Å². The maximum atomic E-state index is 6.40. The molecular formula is C47H30N2O. The summed E-state index contributed by atoms with van der Waals surface area (Å²) in [6.45, 7) is 0. The number of hydrogen-bond donors (Lipinski definition) is 0. The van der Waals surface area contributed by atoms with Gasteiger partial charge in [0.15, 0.2) is 0 Å². The van der Waals surface area contributed by atoms with Crippen molar-refractivity contribution in [2.45, 2.75) is 0 Å². The minimum absolute atomic E-state index is 0.862. The lowest BCUT2D eigenvalue weighted by Crippen LogP contribution is -2.12. The molecule has 2 aromatic heterocycles. The Morgan fingerprint density at radius 2 is 1.02 bits per heavy atom. The van der Waals surface area contributed by atoms with Crippen molar-refractivity contribution in [3.8, 4) is 22.3 Å². The average Bonchev–Trinajstić information content (AvgIpc) is 3.55. The topological polar surface area (TPSA) is 29.3 Å². The Labute approximate surface area is 289 Å². The van der Waals surface area contributed by atoms with Gasteiger partial charge in [-0.1, -0.05) is 121 Å². The maximum absolute atomic E-state index is 6.40. The second-order valence-corrected chi connectivity index (χ2v) is 12.8. The molecule has 0 aliphatic rings. The summed E-state index contributed by atoms with van der Waals surface area (Å²) in [7, 11) is 0. The quantitative estimate of drug-likeness (QED) is 0.188. The molecule has 0 spiro atoms. The lowest BCUT2D eigenvalue weighted by molar-refractivity contribution is 0.669. The van der Waals surface area contributed by atoms with E-state index in [2.05, 4.69) is 163 Å². The molecule has 3 nitrogen and oxygen atoms in total. The SMILES string of the molecule is c1ccc(N(c2ccc(-c3ccc4ccccc4c3)cc2)c2cncc3cc4c(cc23)oc2ccccc24)c(-c2ccc3ccccc3c2)c1. The van der Waals surface area contributed by atoms with Crippen molar-refractivity contribution >= 4 is 71.3 Å². The van der Waals surface area contributed by atoms with E-state index in [9.17, 15) is 0 Å². The number of benzene rings is 8. The van der Waals surface area contributed by atoms with Crippen LogP contribution in [-0.4, -0.2) is 4.98 Å². The van der Waals surface area contributed by atoms with Crippen molar-refractivity contribution in [1.82, 2.24) is 4.98 Å². The summed E-state index contributed by atoms with van der Waals surface area (Å²) in [5.41, 5.74) is 9.50. The van der Waals surface area contributed by atoms with E-state index in [4.69, 9.17) is 9.40 Å². The van der Waals surface area contributed by atoms with Crippen molar-refractivity contribution < 1.29 is 4.42 Å². The van der Waals surface area contributed by atoms with Crippen molar-refractivity contribution in [3.63, 3.8) is 0 Å². The Morgan fingerprint density at radius 3 is 1.82 bits per heavy atom. The summed E-state index contributed by atoms with van der Waals surface area (Å²) >= 11 is 0. The molecular weight excluding hydrogens is 609 g/mol. The molecule has 0 unspecified atom stereocenters. The highest BCUT2D eigenvalue weighted by Crippen LogP contribution is 2.45. The first kappa shape index (κ1) is 28.3. The van der Waals surface area contributed by atoms with Crippen molar-refractivity contribution in [1.29, 1.82) is 0 Å². The first-order valence-electron chi connectivity index (χ1n) is 16.9. The van der Waals surface area contributed by atoms with Gasteiger partial charge in [0.2, 0.25) is 0 Å². The Morgan fingerprint density at radius 1 is 0.380 bits per heavy atom. The monoisotopic (exact) mass is 638 g/mol. The maximum Gasteiger partial charge on any atom is 0.136 e. The Kier molecular flexibility index (Phi) is 6.49. The molecule has 8 aromatic carbocycles. The number of para-hydroxylation sites is 2. The van der Waals surface area contributed by atoms with Gasteiger partial charge in [-0.3, -0.25) is 4.98 Å². The van der Waals surface area contributed by atoms with E-state index in [1.54, 1.807) is 0 Å². The van der Waals surface area contributed by atoms with Crippen LogP contribution in [0.25, 0.3) is 76.5 Å². The number of fused-ring (bicyclic) bond motifs is 6. The second kappa shape index (κ2) is 11.5. The van der Waals surface area contributed by atoms with E-state index in [1.807, 2.05) is 24.5 Å². The normalized spacial score (nSPS) is 11.6. The minimum Gasteiger partial charge on any atom is -0.456 e. The van der Waals surface area contributed by atoms with Gasteiger partial charge in [0, 0.05) is 39.0 Å². The van der Waals surface area contributed by atoms with Crippen LogP contribution in [0.4, 0.5) is 17.1 Å². The molecule has 3 heteroatoms. The van der Waals surface area contributed by atoms with Crippen LogP contribution in [0.1, 0.15) is 0 Å². The smallest absolute Gasteiger partial charge is 0.136 e. The minimum atomic E-state index is 0.862. The molecule has 0 amide bonds. The highest BCUT2D eigenvalue weighted by atomic mass is 16.3. The molecule has 0 saturated heterocycles. The number of nitrogens with zero attached hydrogens (tertiary/aromatic N) is 2. The van der Waals surface area contributed by atoms with Crippen LogP contribution in [0.15, 0.2) is 187 Å². The molecule has 10 aromatic rings. The highest BCUT2D eigenvalue weighted by molar-refractivity contribution is 6.13. The van der Waals surface area contributed by atoms with Crippen LogP contribution in [0.5, 0.6) is 0 Å². The lowest BCUT2D eigenvalue weighted by Gasteiger charge is -2.29. The molecule has 0 radical (unpaired) electrons. The highest BCUT2D eigenvalue weighted by Gasteiger charge is 2.21. The van der Waals surface area contributed by atoms with E-state index in [0.717, 1.165) is 60.9 Å². The number of aromatic nitrogens is 1. The summed E-state index contributed by atoms with van der Waals surface area (Å²) in [6, 6.07) is 60.6. The fraction of sp³-hybridized carbons (Fsp3) is 0. The third-order valence-electron chi connectivity index (χ3n) is 9.89.